The summed E-state index contributed by atoms with van der Waals surface area (Å²) in [5, 5.41) is 9.41. The van der Waals surface area contributed by atoms with Crippen molar-refractivity contribution in [3.8, 4) is 22.6 Å². The number of ether oxygens (including phenoxy) is 1. The number of benzene rings is 2. The molecule has 2 rings (SSSR count). The van der Waals surface area contributed by atoms with Crippen LogP contribution in [0, 0.1) is 0 Å². The SMILES string of the molecule is NC(=O)Oc1ccccc1-c1cccc(O)c1. The minimum absolute atomic E-state index is 0.149. The van der Waals surface area contributed by atoms with E-state index in [2.05, 4.69) is 0 Å². The van der Waals surface area contributed by atoms with Crippen LogP contribution in [0.5, 0.6) is 11.5 Å². The molecule has 0 bridgehead atoms. The van der Waals surface area contributed by atoms with Crippen molar-refractivity contribution >= 4 is 6.09 Å². The van der Waals surface area contributed by atoms with Crippen molar-refractivity contribution in [3.05, 3.63) is 48.5 Å². The van der Waals surface area contributed by atoms with E-state index in [1.54, 1.807) is 36.4 Å². The Bertz CT molecular complexity index is 552. The average molecular weight is 229 g/mol. The summed E-state index contributed by atoms with van der Waals surface area (Å²) in [5.41, 5.74) is 6.44. The largest absolute Gasteiger partial charge is 0.508 e. The molecule has 0 aliphatic rings. The normalized spacial score (nSPS) is 9.88. The second-order valence-corrected chi connectivity index (χ2v) is 3.47. The minimum Gasteiger partial charge on any atom is -0.508 e. The Morgan fingerprint density at radius 2 is 1.88 bits per heavy atom. The fourth-order valence-electron chi connectivity index (χ4n) is 1.58. The molecule has 4 heteroatoms. The molecule has 0 aliphatic carbocycles. The van der Waals surface area contributed by atoms with Crippen molar-refractivity contribution in [2.75, 3.05) is 0 Å². The predicted octanol–water partition coefficient (Wildman–Crippen LogP) is 2.52. The molecule has 0 unspecified atom stereocenters. The summed E-state index contributed by atoms with van der Waals surface area (Å²) in [7, 11) is 0. The van der Waals surface area contributed by atoms with E-state index >= 15 is 0 Å². The van der Waals surface area contributed by atoms with Gasteiger partial charge in [-0.15, -0.1) is 0 Å². The van der Waals surface area contributed by atoms with Gasteiger partial charge in [-0.25, -0.2) is 4.79 Å². The van der Waals surface area contributed by atoms with Crippen LogP contribution in [0.3, 0.4) is 0 Å². The number of phenols is 1. The number of amides is 1. The van der Waals surface area contributed by atoms with Gasteiger partial charge in [0.25, 0.3) is 0 Å². The van der Waals surface area contributed by atoms with E-state index in [-0.39, 0.29) is 5.75 Å². The van der Waals surface area contributed by atoms with Crippen molar-refractivity contribution in [1.29, 1.82) is 0 Å². The summed E-state index contributed by atoms with van der Waals surface area (Å²) in [5.74, 6) is 0.516. The van der Waals surface area contributed by atoms with Crippen LogP contribution < -0.4 is 10.5 Å². The molecule has 0 radical (unpaired) electrons. The molecular weight excluding hydrogens is 218 g/mol. The van der Waals surface area contributed by atoms with Gasteiger partial charge in [0.2, 0.25) is 0 Å². The zero-order chi connectivity index (χ0) is 12.3. The zero-order valence-corrected chi connectivity index (χ0v) is 8.96. The van der Waals surface area contributed by atoms with Crippen molar-refractivity contribution < 1.29 is 14.6 Å². The van der Waals surface area contributed by atoms with Gasteiger partial charge in [0.05, 0.1) is 0 Å². The van der Waals surface area contributed by atoms with E-state index in [4.69, 9.17) is 10.5 Å². The van der Waals surface area contributed by atoms with Crippen LogP contribution in [0.4, 0.5) is 4.79 Å². The highest BCUT2D eigenvalue weighted by atomic mass is 16.5. The molecule has 0 atom stereocenters. The molecule has 0 aliphatic heterocycles. The van der Waals surface area contributed by atoms with Gasteiger partial charge in [0.15, 0.2) is 0 Å². The third-order valence-corrected chi connectivity index (χ3v) is 2.25. The van der Waals surface area contributed by atoms with Crippen LogP contribution in [0.2, 0.25) is 0 Å². The second kappa shape index (κ2) is 4.57. The number of primary amides is 1. The molecule has 2 aromatic carbocycles. The molecule has 0 fully saturated rings. The van der Waals surface area contributed by atoms with E-state index in [0.29, 0.717) is 11.3 Å². The van der Waals surface area contributed by atoms with Gasteiger partial charge in [-0.2, -0.15) is 0 Å². The van der Waals surface area contributed by atoms with Crippen molar-refractivity contribution in [3.63, 3.8) is 0 Å². The Hall–Kier alpha value is -2.49. The standard InChI is InChI=1S/C13H11NO3/c14-13(16)17-12-7-2-1-6-11(12)9-4-3-5-10(15)8-9/h1-8,15H,(H2,14,16). The Morgan fingerprint density at radius 1 is 1.12 bits per heavy atom. The third-order valence-electron chi connectivity index (χ3n) is 2.25. The van der Waals surface area contributed by atoms with Gasteiger partial charge in [0.1, 0.15) is 11.5 Å². The van der Waals surface area contributed by atoms with Crippen LogP contribution in [0.25, 0.3) is 11.1 Å². The highest BCUT2D eigenvalue weighted by molar-refractivity contribution is 5.76. The average Bonchev–Trinajstić information content (AvgIpc) is 2.29. The topological polar surface area (TPSA) is 72.6 Å². The van der Waals surface area contributed by atoms with Crippen LogP contribution in [0.1, 0.15) is 0 Å². The van der Waals surface area contributed by atoms with Crippen LogP contribution >= 0.6 is 0 Å². The van der Waals surface area contributed by atoms with E-state index in [0.717, 1.165) is 5.56 Å². The van der Waals surface area contributed by atoms with Gasteiger partial charge >= 0.3 is 6.09 Å². The Balaban J connectivity index is 2.47. The quantitative estimate of drug-likeness (QED) is 0.831. The van der Waals surface area contributed by atoms with Crippen LogP contribution in [-0.2, 0) is 0 Å². The lowest BCUT2D eigenvalue weighted by molar-refractivity contribution is 0.211. The van der Waals surface area contributed by atoms with Crippen molar-refractivity contribution in [2.24, 2.45) is 5.73 Å². The molecule has 0 aromatic heterocycles. The zero-order valence-electron chi connectivity index (χ0n) is 8.96. The summed E-state index contributed by atoms with van der Waals surface area (Å²) < 4.78 is 4.90. The lowest BCUT2D eigenvalue weighted by Gasteiger charge is -2.08. The Morgan fingerprint density at radius 3 is 2.59 bits per heavy atom. The fourth-order valence-corrected chi connectivity index (χ4v) is 1.58. The first-order valence-corrected chi connectivity index (χ1v) is 5.02. The van der Waals surface area contributed by atoms with Gasteiger partial charge in [-0.05, 0) is 23.8 Å². The van der Waals surface area contributed by atoms with Crippen LogP contribution in [0.15, 0.2) is 48.5 Å². The van der Waals surface area contributed by atoms with Gasteiger partial charge in [0, 0.05) is 5.56 Å². The molecule has 1 amide bonds. The summed E-state index contributed by atoms with van der Waals surface area (Å²) in [6, 6.07) is 13.7. The molecule has 3 N–H and O–H groups in total. The molecule has 2 aromatic rings. The molecule has 4 nitrogen and oxygen atoms in total. The van der Waals surface area contributed by atoms with E-state index in [9.17, 15) is 9.90 Å². The maximum atomic E-state index is 10.8. The number of phenolic OH excluding ortho intramolecular Hbond substituents is 1. The fraction of sp³-hybridized carbons (Fsp3) is 0. The smallest absolute Gasteiger partial charge is 0.409 e. The van der Waals surface area contributed by atoms with Crippen molar-refractivity contribution in [1.82, 2.24) is 0 Å². The second-order valence-electron chi connectivity index (χ2n) is 3.47. The lowest BCUT2D eigenvalue weighted by Crippen LogP contribution is -2.16. The third kappa shape index (κ3) is 2.55. The number of hydrogen-bond acceptors (Lipinski definition) is 3. The van der Waals surface area contributed by atoms with E-state index < -0.39 is 6.09 Å². The Kier molecular flexibility index (Phi) is 2.96. The maximum Gasteiger partial charge on any atom is 0.409 e. The first kappa shape index (κ1) is 11.0. The predicted molar refractivity (Wildman–Crippen MR) is 63.8 cm³/mol. The van der Waals surface area contributed by atoms with Gasteiger partial charge in [-0.3, -0.25) is 0 Å². The number of nitrogens with two attached hydrogens (primary N) is 1. The molecule has 17 heavy (non-hydrogen) atoms. The lowest BCUT2D eigenvalue weighted by atomic mass is 10.0. The summed E-state index contributed by atoms with van der Waals surface area (Å²) in [4.78, 5) is 10.8. The number of hydrogen-bond donors (Lipinski definition) is 2. The van der Waals surface area contributed by atoms with Crippen LogP contribution in [-0.4, -0.2) is 11.2 Å². The maximum absolute atomic E-state index is 10.8. The summed E-state index contributed by atoms with van der Waals surface area (Å²) in [6.45, 7) is 0. The number of rotatable bonds is 2. The number of carbonyl (C=O) groups excluding carboxylic acids is 1. The Labute approximate surface area is 98.3 Å². The molecule has 0 saturated carbocycles. The van der Waals surface area contributed by atoms with Gasteiger partial charge in [-0.1, -0.05) is 30.3 Å². The number of carbonyl (C=O) groups is 1. The summed E-state index contributed by atoms with van der Waals surface area (Å²) in [6.07, 6.45) is -0.863. The first-order chi connectivity index (χ1) is 8.16. The highest BCUT2D eigenvalue weighted by Gasteiger charge is 2.08. The minimum atomic E-state index is -0.863. The van der Waals surface area contributed by atoms with Crippen molar-refractivity contribution in [2.45, 2.75) is 0 Å². The molecule has 0 heterocycles. The molecule has 0 saturated heterocycles. The molecule has 86 valence electrons. The van der Waals surface area contributed by atoms with E-state index in [1.165, 1.54) is 0 Å². The highest BCUT2D eigenvalue weighted by Crippen LogP contribution is 2.31. The van der Waals surface area contributed by atoms with E-state index in [1.807, 2.05) is 12.1 Å². The number of para-hydroxylation sites is 1. The van der Waals surface area contributed by atoms with Gasteiger partial charge < -0.3 is 15.6 Å². The first-order valence-electron chi connectivity index (χ1n) is 5.02. The molecular formula is C13H11NO3. The molecule has 0 spiro atoms. The number of aromatic hydroxyl groups is 1. The summed E-state index contributed by atoms with van der Waals surface area (Å²) >= 11 is 0. The monoisotopic (exact) mass is 229 g/mol.